The molecular formula is C18H20N2O2. The third-order valence-corrected chi connectivity index (χ3v) is 3.40. The predicted molar refractivity (Wildman–Crippen MR) is 87.5 cm³/mol. The molecule has 0 radical (unpaired) electrons. The molecule has 22 heavy (non-hydrogen) atoms. The van der Waals surface area contributed by atoms with Crippen molar-refractivity contribution in [1.82, 2.24) is 5.32 Å². The second-order valence-corrected chi connectivity index (χ2v) is 5.05. The summed E-state index contributed by atoms with van der Waals surface area (Å²) < 4.78 is 0. The van der Waals surface area contributed by atoms with E-state index in [2.05, 4.69) is 5.32 Å². The maximum absolute atomic E-state index is 12.3. The fourth-order valence-corrected chi connectivity index (χ4v) is 2.14. The first-order chi connectivity index (χ1) is 10.6. The molecule has 4 nitrogen and oxygen atoms in total. The van der Waals surface area contributed by atoms with Gasteiger partial charge in [-0.15, -0.1) is 0 Å². The third kappa shape index (κ3) is 3.95. The van der Waals surface area contributed by atoms with Crippen molar-refractivity contribution in [3.05, 3.63) is 65.7 Å². The van der Waals surface area contributed by atoms with E-state index in [0.29, 0.717) is 13.1 Å². The van der Waals surface area contributed by atoms with E-state index in [4.69, 9.17) is 0 Å². The Morgan fingerprint density at radius 1 is 1.00 bits per heavy atom. The van der Waals surface area contributed by atoms with Gasteiger partial charge in [0.2, 0.25) is 0 Å². The Labute approximate surface area is 130 Å². The van der Waals surface area contributed by atoms with E-state index in [9.17, 15) is 9.59 Å². The van der Waals surface area contributed by atoms with Crippen molar-refractivity contribution in [3.63, 3.8) is 0 Å². The number of benzene rings is 2. The summed E-state index contributed by atoms with van der Waals surface area (Å²) in [5.74, 6) is -1.13. The van der Waals surface area contributed by atoms with Crippen LogP contribution < -0.4 is 10.2 Å². The highest BCUT2D eigenvalue weighted by Gasteiger charge is 2.21. The summed E-state index contributed by atoms with van der Waals surface area (Å²) in [5.41, 5.74) is 2.85. The number of rotatable bonds is 4. The maximum Gasteiger partial charge on any atom is 0.316 e. The lowest BCUT2D eigenvalue weighted by atomic mass is 10.1. The van der Waals surface area contributed by atoms with Gasteiger partial charge in [0.15, 0.2) is 0 Å². The Morgan fingerprint density at radius 3 is 2.23 bits per heavy atom. The van der Waals surface area contributed by atoms with Gasteiger partial charge in [0.05, 0.1) is 0 Å². The Morgan fingerprint density at radius 2 is 1.64 bits per heavy atom. The molecule has 2 rings (SSSR count). The zero-order valence-corrected chi connectivity index (χ0v) is 12.9. The highest BCUT2D eigenvalue weighted by Crippen LogP contribution is 2.13. The van der Waals surface area contributed by atoms with Crippen molar-refractivity contribution in [3.8, 4) is 0 Å². The van der Waals surface area contributed by atoms with E-state index in [0.717, 1.165) is 16.8 Å². The van der Waals surface area contributed by atoms with Crippen molar-refractivity contribution < 1.29 is 9.59 Å². The van der Waals surface area contributed by atoms with Gasteiger partial charge < -0.3 is 10.2 Å². The molecule has 2 aromatic carbocycles. The molecule has 0 bridgehead atoms. The van der Waals surface area contributed by atoms with Gasteiger partial charge in [-0.05, 0) is 31.5 Å². The SMILES string of the molecule is CCN(C(=O)C(=O)NCc1ccc(C)cc1)c1ccccc1. The van der Waals surface area contributed by atoms with E-state index < -0.39 is 11.8 Å². The van der Waals surface area contributed by atoms with E-state index >= 15 is 0 Å². The van der Waals surface area contributed by atoms with E-state index in [1.165, 1.54) is 4.90 Å². The molecular weight excluding hydrogens is 276 g/mol. The number of hydrogen-bond donors (Lipinski definition) is 1. The van der Waals surface area contributed by atoms with Gasteiger partial charge in [0.25, 0.3) is 0 Å². The van der Waals surface area contributed by atoms with Crippen LogP contribution in [0.25, 0.3) is 0 Å². The number of likely N-dealkylation sites (N-methyl/N-ethyl adjacent to an activating group) is 1. The van der Waals surface area contributed by atoms with Crippen LogP contribution in [0.5, 0.6) is 0 Å². The van der Waals surface area contributed by atoms with Crippen LogP contribution in [-0.2, 0) is 16.1 Å². The molecule has 2 amide bonds. The topological polar surface area (TPSA) is 49.4 Å². The molecule has 0 aromatic heterocycles. The fourth-order valence-electron chi connectivity index (χ4n) is 2.14. The summed E-state index contributed by atoms with van der Waals surface area (Å²) in [6.07, 6.45) is 0. The van der Waals surface area contributed by atoms with Crippen molar-refractivity contribution in [2.24, 2.45) is 0 Å². The van der Waals surface area contributed by atoms with E-state index in [1.54, 1.807) is 0 Å². The van der Waals surface area contributed by atoms with Crippen molar-refractivity contribution in [2.75, 3.05) is 11.4 Å². The standard InChI is InChI=1S/C18H20N2O2/c1-3-20(16-7-5-4-6-8-16)18(22)17(21)19-13-15-11-9-14(2)10-12-15/h4-12H,3,13H2,1-2H3,(H,19,21). The molecule has 114 valence electrons. The van der Waals surface area contributed by atoms with Crippen molar-refractivity contribution in [2.45, 2.75) is 20.4 Å². The maximum atomic E-state index is 12.3. The second-order valence-electron chi connectivity index (χ2n) is 5.05. The van der Waals surface area contributed by atoms with Gasteiger partial charge in [-0.3, -0.25) is 9.59 Å². The molecule has 0 atom stereocenters. The fraction of sp³-hybridized carbons (Fsp3) is 0.222. The highest BCUT2D eigenvalue weighted by molar-refractivity contribution is 6.40. The largest absolute Gasteiger partial charge is 0.344 e. The molecule has 0 saturated heterocycles. The van der Waals surface area contributed by atoms with Gasteiger partial charge in [-0.1, -0.05) is 48.0 Å². The third-order valence-electron chi connectivity index (χ3n) is 3.40. The zero-order valence-electron chi connectivity index (χ0n) is 12.9. The number of hydrogen-bond acceptors (Lipinski definition) is 2. The average molecular weight is 296 g/mol. The number of anilines is 1. The number of aryl methyl sites for hydroxylation is 1. The van der Waals surface area contributed by atoms with Gasteiger partial charge in [-0.25, -0.2) is 0 Å². The number of nitrogens with zero attached hydrogens (tertiary/aromatic N) is 1. The van der Waals surface area contributed by atoms with Crippen molar-refractivity contribution >= 4 is 17.5 Å². The zero-order chi connectivity index (χ0) is 15.9. The molecule has 0 aliphatic carbocycles. The monoisotopic (exact) mass is 296 g/mol. The summed E-state index contributed by atoms with van der Waals surface area (Å²) in [6, 6.07) is 17.0. The average Bonchev–Trinajstić information content (AvgIpc) is 2.55. The number of carbonyl (C=O) groups is 2. The Balaban J connectivity index is 1.99. The van der Waals surface area contributed by atoms with Gasteiger partial charge in [-0.2, -0.15) is 0 Å². The first-order valence-electron chi connectivity index (χ1n) is 7.32. The molecule has 0 spiro atoms. The van der Waals surface area contributed by atoms with Gasteiger partial charge in [0.1, 0.15) is 0 Å². The number of nitrogens with one attached hydrogen (secondary N) is 1. The number of para-hydroxylation sites is 1. The molecule has 4 heteroatoms. The molecule has 0 saturated carbocycles. The summed E-state index contributed by atoms with van der Waals surface area (Å²) in [5, 5.41) is 2.67. The normalized spacial score (nSPS) is 10.1. The lowest BCUT2D eigenvalue weighted by molar-refractivity contribution is -0.137. The van der Waals surface area contributed by atoms with Crippen molar-refractivity contribution in [1.29, 1.82) is 0 Å². The van der Waals surface area contributed by atoms with Crippen LogP contribution >= 0.6 is 0 Å². The van der Waals surface area contributed by atoms with E-state index in [-0.39, 0.29) is 0 Å². The van der Waals surface area contributed by atoms with Gasteiger partial charge >= 0.3 is 11.8 Å². The van der Waals surface area contributed by atoms with Gasteiger partial charge in [0, 0.05) is 18.8 Å². The molecule has 2 aromatic rings. The predicted octanol–water partition coefficient (Wildman–Crippen LogP) is 2.66. The molecule has 0 unspecified atom stereocenters. The summed E-state index contributed by atoms with van der Waals surface area (Å²) in [6.45, 7) is 4.64. The number of carbonyl (C=O) groups excluding carboxylic acids is 2. The molecule has 0 fully saturated rings. The lowest BCUT2D eigenvalue weighted by Crippen LogP contribution is -2.42. The van der Waals surface area contributed by atoms with Crippen LogP contribution in [0.1, 0.15) is 18.1 Å². The minimum Gasteiger partial charge on any atom is -0.344 e. The smallest absolute Gasteiger partial charge is 0.316 e. The summed E-state index contributed by atoms with van der Waals surface area (Å²) >= 11 is 0. The van der Waals surface area contributed by atoms with Crippen LogP contribution in [0.2, 0.25) is 0 Å². The molecule has 1 N–H and O–H groups in total. The second kappa shape index (κ2) is 7.41. The van der Waals surface area contributed by atoms with Crippen LogP contribution in [-0.4, -0.2) is 18.4 Å². The Kier molecular flexibility index (Phi) is 5.31. The lowest BCUT2D eigenvalue weighted by Gasteiger charge is -2.20. The highest BCUT2D eigenvalue weighted by atomic mass is 16.2. The first-order valence-corrected chi connectivity index (χ1v) is 7.32. The van der Waals surface area contributed by atoms with Crippen LogP contribution in [0, 0.1) is 6.92 Å². The number of amides is 2. The van der Waals surface area contributed by atoms with Crippen LogP contribution in [0.3, 0.4) is 0 Å². The van der Waals surface area contributed by atoms with Crippen LogP contribution in [0.15, 0.2) is 54.6 Å². The Hall–Kier alpha value is -2.62. The molecule has 0 heterocycles. The quantitative estimate of drug-likeness (QED) is 0.882. The minimum atomic E-state index is -0.591. The molecule has 0 aliphatic heterocycles. The Bertz CT molecular complexity index is 636. The first kappa shape index (κ1) is 15.8. The summed E-state index contributed by atoms with van der Waals surface area (Å²) in [7, 11) is 0. The molecule has 0 aliphatic rings. The van der Waals surface area contributed by atoms with E-state index in [1.807, 2.05) is 68.4 Å². The van der Waals surface area contributed by atoms with Crippen LogP contribution in [0.4, 0.5) is 5.69 Å². The summed E-state index contributed by atoms with van der Waals surface area (Å²) in [4.78, 5) is 25.8. The minimum absolute atomic E-state index is 0.344.